The number of aromatic nitrogens is 1. The molecule has 0 N–H and O–H groups in total. The molecule has 0 aliphatic carbocycles. The van der Waals surface area contributed by atoms with Crippen LogP contribution in [-0.4, -0.2) is 31.8 Å². The van der Waals surface area contributed by atoms with E-state index in [2.05, 4.69) is 4.98 Å². The highest BCUT2D eigenvalue weighted by Crippen LogP contribution is 2.20. The van der Waals surface area contributed by atoms with E-state index in [4.69, 9.17) is 9.15 Å². The standard InChI is InChI=1S/C12H16N2O2/c1-3-15-9-8-14(2)12-13-10-6-4-5-7-11(10)16-12/h4-7H,3,8-9H2,1-2H3. The molecule has 4 heteroatoms. The Labute approximate surface area is 94.8 Å². The van der Waals surface area contributed by atoms with Crippen molar-refractivity contribution in [2.24, 2.45) is 0 Å². The van der Waals surface area contributed by atoms with Gasteiger partial charge in [0.05, 0.1) is 6.61 Å². The highest BCUT2D eigenvalue weighted by Gasteiger charge is 2.09. The van der Waals surface area contributed by atoms with Crippen molar-refractivity contribution < 1.29 is 9.15 Å². The third kappa shape index (κ3) is 2.33. The SMILES string of the molecule is CCOCCN(C)c1nc2ccccc2o1. The number of fused-ring (bicyclic) bond motifs is 1. The quantitative estimate of drug-likeness (QED) is 0.725. The molecule has 0 bridgehead atoms. The Balaban J connectivity index is 2.07. The first kappa shape index (κ1) is 11.0. The summed E-state index contributed by atoms with van der Waals surface area (Å²) in [6.45, 7) is 4.19. The number of ether oxygens (including phenoxy) is 1. The zero-order chi connectivity index (χ0) is 11.4. The number of oxazole rings is 1. The normalized spacial score (nSPS) is 10.9. The highest BCUT2D eigenvalue weighted by atomic mass is 16.5. The Kier molecular flexibility index (Phi) is 3.41. The predicted molar refractivity (Wildman–Crippen MR) is 63.8 cm³/mol. The zero-order valence-electron chi connectivity index (χ0n) is 9.64. The smallest absolute Gasteiger partial charge is 0.298 e. The van der Waals surface area contributed by atoms with Crippen LogP contribution < -0.4 is 4.90 Å². The van der Waals surface area contributed by atoms with Gasteiger partial charge in [-0.15, -0.1) is 0 Å². The molecule has 4 nitrogen and oxygen atoms in total. The van der Waals surface area contributed by atoms with Gasteiger partial charge < -0.3 is 14.1 Å². The van der Waals surface area contributed by atoms with E-state index >= 15 is 0 Å². The summed E-state index contributed by atoms with van der Waals surface area (Å²) in [5.41, 5.74) is 1.71. The lowest BCUT2D eigenvalue weighted by molar-refractivity contribution is 0.154. The van der Waals surface area contributed by atoms with Gasteiger partial charge in [0, 0.05) is 20.2 Å². The molecule has 0 aliphatic rings. The van der Waals surface area contributed by atoms with Crippen molar-refractivity contribution >= 4 is 17.1 Å². The molecule has 0 fully saturated rings. The molecule has 1 aromatic heterocycles. The molecule has 0 spiro atoms. The van der Waals surface area contributed by atoms with Crippen LogP contribution in [0.2, 0.25) is 0 Å². The summed E-state index contributed by atoms with van der Waals surface area (Å²) in [6.07, 6.45) is 0. The van der Waals surface area contributed by atoms with Crippen molar-refractivity contribution in [3.63, 3.8) is 0 Å². The van der Waals surface area contributed by atoms with Crippen LogP contribution >= 0.6 is 0 Å². The second-order valence-electron chi connectivity index (χ2n) is 3.58. The Morgan fingerprint density at radius 2 is 2.19 bits per heavy atom. The number of benzene rings is 1. The van der Waals surface area contributed by atoms with Crippen molar-refractivity contribution in [3.8, 4) is 0 Å². The van der Waals surface area contributed by atoms with Crippen LogP contribution in [0, 0.1) is 0 Å². The molecule has 0 saturated heterocycles. The van der Waals surface area contributed by atoms with Crippen LogP contribution in [0.1, 0.15) is 6.92 Å². The van der Waals surface area contributed by atoms with Crippen LogP contribution in [0.4, 0.5) is 6.01 Å². The van der Waals surface area contributed by atoms with E-state index in [1.165, 1.54) is 0 Å². The van der Waals surface area contributed by atoms with Gasteiger partial charge in [-0.1, -0.05) is 12.1 Å². The first-order valence-corrected chi connectivity index (χ1v) is 5.45. The van der Waals surface area contributed by atoms with E-state index in [9.17, 15) is 0 Å². The zero-order valence-corrected chi connectivity index (χ0v) is 9.64. The van der Waals surface area contributed by atoms with E-state index in [0.717, 1.165) is 24.3 Å². The summed E-state index contributed by atoms with van der Waals surface area (Å²) in [4.78, 5) is 6.35. The Bertz CT molecular complexity index is 420. The van der Waals surface area contributed by atoms with Gasteiger partial charge in [0.1, 0.15) is 5.52 Å². The van der Waals surface area contributed by atoms with Crippen LogP contribution in [0.25, 0.3) is 11.1 Å². The Morgan fingerprint density at radius 1 is 1.38 bits per heavy atom. The van der Waals surface area contributed by atoms with Crippen LogP contribution in [0.15, 0.2) is 28.7 Å². The first-order valence-electron chi connectivity index (χ1n) is 5.45. The van der Waals surface area contributed by atoms with E-state index in [0.29, 0.717) is 12.6 Å². The van der Waals surface area contributed by atoms with Gasteiger partial charge in [0.25, 0.3) is 6.01 Å². The fraction of sp³-hybridized carbons (Fsp3) is 0.417. The van der Waals surface area contributed by atoms with Crippen LogP contribution in [0.3, 0.4) is 0 Å². The molecule has 2 aromatic rings. The van der Waals surface area contributed by atoms with Gasteiger partial charge in [-0.2, -0.15) is 4.98 Å². The number of nitrogens with zero attached hydrogens (tertiary/aromatic N) is 2. The van der Waals surface area contributed by atoms with E-state index in [1.807, 2.05) is 43.1 Å². The maximum absolute atomic E-state index is 5.62. The number of hydrogen-bond acceptors (Lipinski definition) is 4. The molecular weight excluding hydrogens is 204 g/mol. The van der Waals surface area contributed by atoms with Gasteiger partial charge in [0.15, 0.2) is 5.58 Å². The molecule has 16 heavy (non-hydrogen) atoms. The predicted octanol–water partition coefficient (Wildman–Crippen LogP) is 2.30. The summed E-state index contributed by atoms with van der Waals surface area (Å²) in [7, 11) is 1.95. The molecular formula is C12H16N2O2. The van der Waals surface area contributed by atoms with Crippen molar-refractivity contribution in [2.45, 2.75) is 6.92 Å². The summed E-state index contributed by atoms with van der Waals surface area (Å²) in [6, 6.07) is 8.40. The maximum atomic E-state index is 5.62. The van der Waals surface area contributed by atoms with E-state index in [1.54, 1.807) is 0 Å². The minimum atomic E-state index is 0.640. The summed E-state index contributed by atoms with van der Waals surface area (Å²) in [5, 5.41) is 0. The summed E-state index contributed by atoms with van der Waals surface area (Å²) in [5.74, 6) is 0. The minimum Gasteiger partial charge on any atom is -0.423 e. The molecule has 1 aromatic carbocycles. The van der Waals surface area contributed by atoms with Crippen LogP contribution in [0.5, 0.6) is 0 Å². The van der Waals surface area contributed by atoms with Crippen molar-refractivity contribution in [2.75, 3.05) is 31.7 Å². The number of hydrogen-bond donors (Lipinski definition) is 0. The fourth-order valence-corrected chi connectivity index (χ4v) is 1.46. The number of rotatable bonds is 5. The average molecular weight is 220 g/mol. The van der Waals surface area contributed by atoms with E-state index in [-0.39, 0.29) is 0 Å². The monoisotopic (exact) mass is 220 g/mol. The van der Waals surface area contributed by atoms with E-state index < -0.39 is 0 Å². The summed E-state index contributed by atoms with van der Waals surface area (Å²) >= 11 is 0. The number of anilines is 1. The Hall–Kier alpha value is -1.55. The number of likely N-dealkylation sites (N-methyl/N-ethyl adjacent to an activating group) is 1. The molecule has 0 saturated carbocycles. The fourth-order valence-electron chi connectivity index (χ4n) is 1.46. The van der Waals surface area contributed by atoms with Crippen molar-refractivity contribution in [1.29, 1.82) is 0 Å². The summed E-state index contributed by atoms with van der Waals surface area (Å²) < 4.78 is 10.9. The average Bonchev–Trinajstić information content (AvgIpc) is 2.73. The highest BCUT2D eigenvalue weighted by molar-refractivity contribution is 5.74. The second-order valence-corrected chi connectivity index (χ2v) is 3.58. The van der Waals surface area contributed by atoms with Gasteiger partial charge in [0.2, 0.25) is 0 Å². The molecule has 0 amide bonds. The van der Waals surface area contributed by atoms with Crippen molar-refractivity contribution in [3.05, 3.63) is 24.3 Å². The molecule has 86 valence electrons. The maximum Gasteiger partial charge on any atom is 0.298 e. The third-order valence-electron chi connectivity index (χ3n) is 2.38. The van der Waals surface area contributed by atoms with Gasteiger partial charge >= 0.3 is 0 Å². The van der Waals surface area contributed by atoms with Gasteiger partial charge in [-0.05, 0) is 19.1 Å². The molecule has 1 heterocycles. The molecule has 0 atom stereocenters. The minimum absolute atomic E-state index is 0.640. The number of para-hydroxylation sites is 2. The molecule has 0 aliphatic heterocycles. The Morgan fingerprint density at radius 3 is 2.94 bits per heavy atom. The lowest BCUT2D eigenvalue weighted by atomic mass is 10.3. The first-order chi connectivity index (χ1) is 7.81. The lowest BCUT2D eigenvalue weighted by Crippen LogP contribution is -2.22. The van der Waals surface area contributed by atoms with Gasteiger partial charge in [-0.25, -0.2) is 0 Å². The van der Waals surface area contributed by atoms with Gasteiger partial charge in [-0.3, -0.25) is 0 Å². The van der Waals surface area contributed by atoms with Crippen LogP contribution in [-0.2, 0) is 4.74 Å². The third-order valence-corrected chi connectivity index (χ3v) is 2.38. The largest absolute Gasteiger partial charge is 0.423 e. The lowest BCUT2D eigenvalue weighted by Gasteiger charge is -2.13. The molecule has 0 radical (unpaired) electrons. The second kappa shape index (κ2) is 4.99. The molecule has 0 unspecified atom stereocenters. The topological polar surface area (TPSA) is 38.5 Å². The molecule has 2 rings (SSSR count). The van der Waals surface area contributed by atoms with Crippen molar-refractivity contribution in [1.82, 2.24) is 4.98 Å².